The largest absolute Gasteiger partial charge is 0.459 e. The summed E-state index contributed by atoms with van der Waals surface area (Å²) in [7, 11) is 0. The Kier molecular flexibility index (Phi) is 4.95. The number of carbonyl (C=O) groups excluding carboxylic acids is 1. The van der Waals surface area contributed by atoms with Crippen molar-refractivity contribution >= 4 is 43.8 Å². The first-order chi connectivity index (χ1) is 14.6. The van der Waals surface area contributed by atoms with E-state index in [1.54, 1.807) is 22.9 Å². The van der Waals surface area contributed by atoms with Crippen LogP contribution in [0.1, 0.15) is 41.2 Å². The summed E-state index contributed by atoms with van der Waals surface area (Å²) in [6, 6.07) is 1.36. The van der Waals surface area contributed by atoms with Crippen LogP contribution in [0.5, 0.6) is 0 Å². The number of aromatic nitrogens is 4. The van der Waals surface area contributed by atoms with Gasteiger partial charge in [0.2, 0.25) is 0 Å². The van der Waals surface area contributed by atoms with Gasteiger partial charge in [0, 0.05) is 28.9 Å². The lowest BCUT2D eigenvalue weighted by atomic mass is 9.97. The number of ether oxygens (including phenoxy) is 1. The van der Waals surface area contributed by atoms with Crippen molar-refractivity contribution in [1.82, 2.24) is 19.4 Å². The molecule has 10 heteroatoms. The fourth-order valence-electron chi connectivity index (χ4n) is 3.74. The molecule has 0 bridgehead atoms. The zero-order chi connectivity index (χ0) is 20.7. The van der Waals surface area contributed by atoms with Crippen LogP contribution in [-0.2, 0) is 35.4 Å². The van der Waals surface area contributed by atoms with E-state index in [2.05, 4.69) is 15.0 Å². The fourth-order valence-corrected chi connectivity index (χ4v) is 5.76. The summed E-state index contributed by atoms with van der Waals surface area (Å²) in [4.78, 5) is 51.0. The normalized spacial score (nSPS) is 13.6. The molecule has 0 spiro atoms. The van der Waals surface area contributed by atoms with Gasteiger partial charge in [-0.2, -0.15) is 0 Å². The topological polar surface area (TPSA) is 106 Å². The Hall–Kier alpha value is -2.85. The molecule has 4 heterocycles. The molecule has 5 rings (SSSR count). The number of thiophene rings is 1. The monoisotopic (exact) mass is 442 g/mol. The van der Waals surface area contributed by atoms with E-state index in [-0.39, 0.29) is 30.6 Å². The van der Waals surface area contributed by atoms with Crippen LogP contribution >= 0.6 is 22.7 Å². The second-order valence-electron chi connectivity index (χ2n) is 7.21. The molecule has 0 saturated heterocycles. The van der Waals surface area contributed by atoms with Gasteiger partial charge in [-0.1, -0.05) is 0 Å². The molecule has 30 heavy (non-hydrogen) atoms. The van der Waals surface area contributed by atoms with Gasteiger partial charge >= 0.3 is 5.97 Å². The Labute approximate surface area is 178 Å². The number of hydrogen-bond donors (Lipinski definition) is 1. The van der Waals surface area contributed by atoms with Crippen LogP contribution in [0.4, 0.5) is 0 Å². The summed E-state index contributed by atoms with van der Waals surface area (Å²) < 4.78 is 6.69. The standard InChI is InChI=1S/C20H18N4O4S2/c25-15-9-11(21-20-24(15)7-8-29-20)10-28-16(26)6-5-14-22-18(27)17-12-3-1-2-4-13(12)30-19(17)23-14/h7-9H,1-6,10H2,(H,22,23,27). The third kappa shape index (κ3) is 3.56. The van der Waals surface area contributed by atoms with Crippen molar-refractivity contribution in [1.29, 1.82) is 0 Å². The molecule has 0 radical (unpaired) electrons. The molecule has 1 aliphatic carbocycles. The number of rotatable bonds is 5. The molecule has 0 fully saturated rings. The third-order valence-electron chi connectivity index (χ3n) is 5.18. The number of hydrogen-bond acceptors (Lipinski definition) is 8. The van der Waals surface area contributed by atoms with Gasteiger partial charge in [0.15, 0.2) is 4.96 Å². The van der Waals surface area contributed by atoms with Gasteiger partial charge in [-0.25, -0.2) is 9.97 Å². The highest BCUT2D eigenvalue weighted by atomic mass is 32.1. The van der Waals surface area contributed by atoms with Crippen molar-refractivity contribution in [2.24, 2.45) is 0 Å². The summed E-state index contributed by atoms with van der Waals surface area (Å²) in [5.74, 6) is 0.0517. The van der Waals surface area contributed by atoms with Crippen molar-refractivity contribution in [2.75, 3.05) is 0 Å². The van der Waals surface area contributed by atoms with E-state index in [4.69, 9.17) is 4.74 Å². The van der Waals surface area contributed by atoms with Gasteiger partial charge < -0.3 is 9.72 Å². The van der Waals surface area contributed by atoms with E-state index in [1.165, 1.54) is 26.7 Å². The Morgan fingerprint density at radius 3 is 3.00 bits per heavy atom. The Bertz CT molecular complexity index is 1380. The predicted molar refractivity (Wildman–Crippen MR) is 114 cm³/mol. The Morgan fingerprint density at radius 2 is 2.10 bits per heavy atom. The van der Waals surface area contributed by atoms with E-state index < -0.39 is 5.97 Å². The predicted octanol–water partition coefficient (Wildman–Crippen LogP) is 2.61. The summed E-state index contributed by atoms with van der Waals surface area (Å²) in [5.41, 5.74) is 1.22. The lowest BCUT2D eigenvalue weighted by molar-refractivity contribution is -0.145. The number of thiazole rings is 1. The minimum atomic E-state index is -0.434. The van der Waals surface area contributed by atoms with E-state index in [0.717, 1.165) is 36.1 Å². The number of nitrogens with one attached hydrogen (secondary N) is 1. The van der Waals surface area contributed by atoms with Crippen molar-refractivity contribution < 1.29 is 9.53 Å². The summed E-state index contributed by atoms with van der Waals surface area (Å²) >= 11 is 2.93. The number of H-pyrrole nitrogens is 1. The molecule has 1 N–H and O–H groups in total. The van der Waals surface area contributed by atoms with Crippen LogP contribution in [0.2, 0.25) is 0 Å². The summed E-state index contributed by atoms with van der Waals surface area (Å²) in [6.07, 6.45) is 6.21. The van der Waals surface area contributed by atoms with Crippen LogP contribution in [0.15, 0.2) is 27.2 Å². The average molecular weight is 443 g/mol. The first-order valence-electron chi connectivity index (χ1n) is 9.73. The molecule has 1 aliphatic rings. The highest BCUT2D eigenvalue weighted by molar-refractivity contribution is 7.18. The molecule has 0 aliphatic heterocycles. The minimum Gasteiger partial charge on any atom is -0.459 e. The minimum absolute atomic E-state index is 0.0664. The second-order valence-corrected chi connectivity index (χ2v) is 9.16. The van der Waals surface area contributed by atoms with E-state index in [1.807, 2.05) is 0 Å². The molecule has 4 aromatic rings. The highest BCUT2D eigenvalue weighted by Gasteiger charge is 2.20. The van der Waals surface area contributed by atoms with Gasteiger partial charge in [0.05, 0.1) is 17.5 Å². The lowest BCUT2D eigenvalue weighted by Crippen LogP contribution is -2.16. The van der Waals surface area contributed by atoms with Crippen molar-refractivity contribution in [3.63, 3.8) is 0 Å². The van der Waals surface area contributed by atoms with Gasteiger partial charge in [0.1, 0.15) is 17.3 Å². The number of esters is 1. The molecule has 0 atom stereocenters. The van der Waals surface area contributed by atoms with E-state index in [9.17, 15) is 14.4 Å². The zero-order valence-electron chi connectivity index (χ0n) is 16.0. The maximum absolute atomic E-state index is 12.6. The molecular weight excluding hydrogens is 424 g/mol. The molecule has 0 unspecified atom stereocenters. The molecule has 0 amide bonds. The Morgan fingerprint density at radius 1 is 1.23 bits per heavy atom. The Balaban J connectivity index is 1.25. The van der Waals surface area contributed by atoms with Gasteiger partial charge in [-0.3, -0.25) is 18.8 Å². The smallest absolute Gasteiger partial charge is 0.306 e. The van der Waals surface area contributed by atoms with E-state index in [0.29, 0.717) is 21.9 Å². The number of fused-ring (bicyclic) bond motifs is 4. The first kappa shape index (κ1) is 19.1. The van der Waals surface area contributed by atoms with Crippen LogP contribution in [0.3, 0.4) is 0 Å². The number of carbonyl (C=O) groups is 1. The number of aryl methyl sites for hydroxylation is 3. The van der Waals surface area contributed by atoms with Gasteiger partial charge in [-0.05, 0) is 31.2 Å². The quantitative estimate of drug-likeness (QED) is 0.476. The van der Waals surface area contributed by atoms with Crippen LogP contribution < -0.4 is 11.1 Å². The van der Waals surface area contributed by atoms with Crippen LogP contribution in [-0.4, -0.2) is 25.3 Å². The number of aromatic amines is 1. The molecular formula is C20H18N4O4S2. The summed E-state index contributed by atoms with van der Waals surface area (Å²) in [6.45, 7) is -0.0664. The van der Waals surface area contributed by atoms with Crippen molar-refractivity contribution in [2.45, 2.75) is 45.1 Å². The third-order valence-corrected chi connectivity index (χ3v) is 7.12. The molecule has 4 aromatic heterocycles. The highest BCUT2D eigenvalue weighted by Crippen LogP contribution is 2.33. The maximum Gasteiger partial charge on any atom is 0.306 e. The average Bonchev–Trinajstić information content (AvgIpc) is 3.35. The van der Waals surface area contributed by atoms with Crippen LogP contribution in [0, 0.1) is 0 Å². The summed E-state index contributed by atoms with van der Waals surface area (Å²) in [5, 5.41) is 2.48. The first-order valence-corrected chi connectivity index (χ1v) is 11.4. The molecule has 8 nitrogen and oxygen atoms in total. The van der Waals surface area contributed by atoms with Gasteiger partial charge in [0.25, 0.3) is 11.1 Å². The molecule has 0 saturated carbocycles. The second kappa shape index (κ2) is 7.77. The zero-order valence-corrected chi connectivity index (χ0v) is 17.6. The lowest BCUT2D eigenvalue weighted by Gasteiger charge is -2.09. The SMILES string of the molecule is O=C(CCc1nc2sc3c(c2c(=O)[nH]1)CCCC3)OCc1cc(=O)n2ccsc2n1. The maximum atomic E-state index is 12.6. The van der Waals surface area contributed by atoms with Crippen LogP contribution in [0.25, 0.3) is 15.2 Å². The van der Waals surface area contributed by atoms with Crippen molar-refractivity contribution in [3.8, 4) is 0 Å². The van der Waals surface area contributed by atoms with Crippen molar-refractivity contribution in [3.05, 3.63) is 60.3 Å². The molecule has 154 valence electrons. The van der Waals surface area contributed by atoms with E-state index >= 15 is 0 Å². The fraction of sp³-hybridized carbons (Fsp3) is 0.350. The van der Waals surface area contributed by atoms with Gasteiger partial charge in [-0.15, -0.1) is 22.7 Å². The number of nitrogens with zero attached hydrogens (tertiary/aromatic N) is 3. The molecule has 0 aromatic carbocycles.